The molecule has 6 heteroatoms. The summed E-state index contributed by atoms with van der Waals surface area (Å²) in [5.41, 5.74) is 1.28. The van der Waals surface area contributed by atoms with Crippen LogP contribution in [0.4, 0.5) is 0 Å². The maximum absolute atomic E-state index is 12.5. The largest absolute Gasteiger partial charge is 0.355 e. The molecule has 3 rings (SSSR count). The summed E-state index contributed by atoms with van der Waals surface area (Å²) in [4.78, 5) is 28.4. The van der Waals surface area contributed by atoms with Crippen LogP contribution in [-0.2, 0) is 15.0 Å². The number of rotatable bonds is 7. The molecule has 1 saturated carbocycles. The summed E-state index contributed by atoms with van der Waals surface area (Å²) in [5, 5.41) is 3.81. The van der Waals surface area contributed by atoms with Gasteiger partial charge in [-0.25, -0.2) is 0 Å². The molecule has 2 aliphatic rings. The Balaban J connectivity index is 1.51. The normalized spacial score (nSPS) is 21.7. The van der Waals surface area contributed by atoms with Crippen LogP contribution in [0.5, 0.6) is 0 Å². The van der Waals surface area contributed by atoms with Crippen molar-refractivity contribution in [3.8, 4) is 0 Å². The zero-order valence-corrected chi connectivity index (χ0v) is 15.7. The number of nitrogens with zero attached hydrogens (tertiary/aromatic N) is 2. The molecule has 2 fully saturated rings. The molecule has 1 N–H and O–H groups in total. The summed E-state index contributed by atoms with van der Waals surface area (Å²) in [5.74, 6) is -0.141. The molecule has 1 aliphatic carbocycles. The van der Waals surface area contributed by atoms with E-state index in [9.17, 15) is 9.59 Å². The first-order chi connectivity index (χ1) is 11.9. The third-order valence-electron chi connectivity index (χ3n) is 5.31. The van der Waals surface area contributed by atoms with Gasteiger partial charge in [-0.2, -0.15) is 0 Å². The standard InChI is InChI=1S/C19H26ClN3O2/c1-22(2)9-10-23-12-14(11-17(23)24)18(25)21-13-19(7-8-19)15-3-5-16(20)6-4-15/h3-6,14H,7-13H2,1-2H3,(H,21,25). The van der Waals surface area contributed by atoms with Crippen molar-refractivity contribution in [3.63, 3.8) is 0 Å². The lowest BCUT2D eigenvalue weighted by molar-refractivity contribution is -0.129. The summed E-state index contributed by atoms with van der Waals surface area (Å²) >= 11 is 5.96. The van der Waals surface area contributed by atoms with Crippen molar-refractivity contribution >= 4 is 23.4 Å². The highest BCUT2D eigenvalue weighted by molar-refractivity contribution is 6.30. The number of likely N-dealkylation sites (N-methyl/N-ethyl adjacent to an activating group) is 1. The molecule has 1 heterocycles. The lowest BCUT2D eigenvalue weighted by Crippen LogP contribution is -2.38. The first-order valence-electron chi connectivity index (χ1n) is 8.86. The van der Waals surface area contributed by atoms with Gasteiger partial charge in [-0.05, 0) is 44.6 Å². The maximum atomic E-state index is 12.5. The van der Waals surface area contributed by atoms with Gasteiger partial charge in [0.1, 0.15) is 0 Å². The van der Waals surface area contributed by atoms with Gasteiger partial charge < -0.3 is 15.1 Å². The first-order valence-corrected chi connectivity index (χ1v) is 9.24. The highest BCUT2D eigenvalue weighted by atomic mass is 35.5. The lowest BCUT2D eigenvalue weighted by Gasteiger charge is -2.20. The molecule has 1 unspecified atom stereocenters. The third-order valence-corrected chi connectivity index (χ3v) is 5.57. The predicted molar refractivity (Wildman–Crippen MR) is 98.6 cm³/mol. The van der Waals surface area contributed by atoms with Crippen molar-refractivity contribution in [2.75, 3.05) is 40.3 Å². The van der Waals surface area contributed by atoms with Crippen molar-refractivity contribution in [2.24, 2.45) is 5.92 Å². The van der Waals surface area contributed by atoms with Gasteiger partial charge in [0.2, 0.25) is 11.8 Å². The van der Waals surface area contributed by atoms with Crippen LogP contribution in [0, 0.1) is 5.92 Å². The van der Waals surface area contributed by atoms with Crippen LogP contribution in [0.1, 0.15) is 24.8 Å². The van der Waals surface area contributed by atoms with E-state index in [-0.39, 0.29) is 23.1 Å². The minimum atomic E-state index is -0.226. The Morgan fingerprint density at radius 1 is 1.32 bits per heavy atom. The van der Waals surface area contributed by atoms with Gasteiger partial charge in [0, 0.05) is 43.0 Å². The zero-order valence-electron chi connectivity index (χ0n) is 14.9. The maximum Gasteiger partial charge on any atom is 0.225 e. The number of carbonyl (C=O) groups excluding carboxylic acids is 2. The second kappa shape index (κ2) is 7.34. The van der Waals surface area contributed by atoms with Crippen LogP contribution in [0.25, 0.3) is 0 Å². The molecular weight excluding hydrogens is 338 g/mol. The van der Waals surface area contributed by atoms with Gasteiger partial charge in [-0.15, -0.1) is 0 Å². The minimum Gasteiger partial charge on any atom is -0.355 e. The number of likely N-dealkylation sites (tertiary alicyclic amines) is 1. The average molecular weight is 364 g/mol. The molecule has 0 spiro atoms. The second-order valence-electron chi connectivity index (χ2n) is 7.55. The molecule has 0 radical (unpaired) electrons. The molecule has 2 amide bonds. The van der Waals surface area contributed by atoms with Crippen LogP contribution >= 0.6 is 11.6 Å². The van der Waals surface area contributed by atoms with E-state index < -0.39 is 0 Å². The van der Waals surface area contributed by atoms with Crippen LogP contribution in [0.3, 0.4) is 0 Å². The Morgan fingerprint density at radius 3 is 2.60 bits per heavy atom. The fourth-order valence-electron chi connectivity index (χ4n) is 3.41. The number of halogens is 1. The van der Waals surface area contributed by atoms with E-state index in [0.717, 1.165) is 24.4 Å². The summed E-state index contributed by atoms with van der Waals surface area (Å²) in [6, 6.07) is 7.89. The number of hydrogen-bond donors (Lipinski definition) is 1. The fraction of sp³-hybridized carbons (Fsp3) is 0.579. The van der Waals surface area contributed by atoms with Gasteiger partial charge in [-0.1, -0.05) is 23.7 Å². The molecule has 0 bridgehead atoms. The first kappa shape index (κ1) is 18.2. The molecule has 5 nitrogen and oxygen atoms in total. The van der Waals surface area contributed by atoms with E-state index in [0.29, 0.717) is 26.1 Å². The smallest absolute Gasteiger partial charge is 0.225 e. The molecule has 0 aromatic heterocycles. The molecule has 25 heavy (non-hydrogen) atoms. The Labute approximate surface area is 154 Å². The van der Waals surface area contributed by atoms with E-state index in [2.05, 4.69) is 5.32 Å². The van der Waals surface area contributed by atoms with E-state index in [1.54, 1.807) is 4.90 Å². The van der Waals surface area contributed by atoms with Crippen molar-refractivity contribution in [1.29, 1.82) is 0 Å². The number of hydrogen-bond acceptors (Lipinski definition) is 3. The van der Waals surface area contributed by atoms with Crippen LogP contribution in [0.15, 0.2) is 24.3 Å². The van der Waals surface area contributed by atoms with Crippen molar-refractivity contribution in [2.45, 2.75) is 24.7 Å². The number of amides is 2. The highest BCUT2D eigenvalue weighted by Gasteiger charge is 2.45. The van der Waals surface area contributed by atoms with Gasteiger partial charge in [-0.3, -0.25) is 9.59 Å². The average Bonchev–Trinajstić information content (AvgIpc) is 3.28. The van der Waals surface area contributed by atoms with E-state index >= 15 is 0 Å². The summed E-state index contributed by atoms with van der Waals surface area (Å²) in [6.45, 7) is 2.67. The zero-order chi connectivity index (χ0) is 18.0. The molecule has 1 atom stereocenters. The summed E-state index contributed by atoms with van der Waals surface area (Å²) < 4.78 is 0. The van der Waals surface area contributed by atoms with Gasteiger partial charge in [0.25, 0.3) is 0 Å². The molecule has 1 aromatic carbocycles. The van der Waals surface area contributed by atoms with Gasteiger partial charge in [0.05, 0.1) is 5.92 Å². The predicted octanol–water partition coefficient (Wildman–Crippen LogP) is 1.90. The Morgan fingerprint density at radius 2 is 2.00 bits per heavy atom. The Hall–Kier alpha value is -1.59. The summed E-state index contributed by atoms with van der Waals surface area (Å²) in [7, 11) is 3.97. The number of benzene rings is 1. The number of carbonyl (C=O) groups is 2. The molecule has 1 saturated heterocycles. The topological polar surface area (TPSA) is 52.6 Å². The van der Waals surface area contributed by atoms with Gasteiger partial charge in [0.15, 0.2) is 0 Å². The van der Waals surface area contributed by atoms with Crippen molar-refractivity contribution < 1.29 is 9.59 Å². The monoisotopic (exact) mass is 363 g/mol. The Bertz CT molecular complexity index is 641. The van der Waals surface area contributed by atoms with E-state index in [1.807, 2.05) is 43.3 Å². The molecule has 1 aliphatic heterocycles. The van der Waals surface area contributed by atoms with E-state index in [1.165, 1.54) is 5.56 Å². The van der Waals surface area contributed by atoms with Crippen LogP contribution < -0.4 is 5.32 Å². The van der Waals surface area contributed by atoms with Crippen molar-refractivity contribution in [3.05, 3.63) is 34.9 Å². The van der Waals surface area contributed by atoms with Crippen LogP contribution in [0.2, 0.25) is 5.02 Å². The SMILES string of the molecule is CN(C)CCN1CC(C(=O)NCC2(c3ccc(Cl)cc3)CC2)CC1=O. The molecular formula is C19H26ClN3O2. The van der Waals surface area contributed by atoms with E-state index in [4.69, 9.17) is 11.6 Å². The minimum absolute atomic E-state index is 0.000872. The molecule has 136 valence electrons. The fourth-order valence-corrected chi connectivity index (χ4v) is 3.53. The third kappa shape index (κ3) is 4.33. The second-order valence-corrected chi connectivity index (χ2v) is 7.99. The quantitative estimate of drug-likeness (QED) is 0.805. The highest BCUT2D eigenvalue weighted by Crippen LogP contribution is 2.47. The Kier molecular flexibility index (Phi) is 5.35. The summed E-state index contributed by atoms with van der Waals surface area (Å²) in [6.07, 6.45) is 2.48. The van der Waals surface area contributed by atoms with Crippen LogP contribution in [-0.4, -0.2) is 61.9 Å². The molecule has 1 aromatic rings. The van der Waals surface area contributed by atoms with Gasteiger partial charge >= 0.3 is 0 Å². The number of nitrogens with one attached hydrogen (secondary N) is 1. The lowest BCUT2D eigenvalue weighted by atomic mass is 9.95. The van der Waals surface area contributed by atoms with Crippen molar-refractivity contribution in [1.82, 2.24) is 15.1 Å².